The third-order valence-electron chi connectivity index (χ3n) is 5.15. The summed E-state index contributed by atoms with van der Waals surface area (Å²) in [6.07, 6.45) is 0.821. The lowest BCUT2D eigenvalue weighted by atomic mass is 10.1. The van der Waals surface area contributed by atoms with Gasteiger partial charge in [-0.25, -0.2) is 4.68 Å². The fourth-order valence-electron chi connectivity index (χ4n) is 3.60. The first-order chi connectivity index (χ1) is 15.4. The lowest BCUT2D eigenvalue weighted by Crippen LogP contribution is -2.26. The Kier molecular flexibility index (Phi) is 6.16. The van der Waals surface area contributed by atoms with Crippen LogP contribution in [0.5, 0.6) is 0 Å². The van der Waals surface area contributed by atoms with Crippen LogP contribution in [0.2, 0.25) is 0 Å². The third kappa shape index (κ3) is 4.77. The average Bonchev–Trinajstić information content (AvgIpc) is 3.40. The molecule has 7 heteroatoms. The van der Waals surface area contributed by atoms with Gasteiger partial charge in [0.2, 0.25) is 5.89 Å². The zero-order valence-corrected chi connectivity index (χ0v) is 18.7. The van der Waals surface area contributed by atoms with Crippen molar-refractivity contribution in [3.8, 4) is 17.3 Å². The highest BCUT2D eigenvalue weighted by Crippen LogP contribution is 2.23. The van der Waals surface area contributed by atoms with E-state index in [0.29, 0.717) is 29.0 Å². The average molecular weight is 430 g/mol. The summed E-state index contributed by atoms with van der Waals surface area (Å²) in [4.78, 5) is 12.9. The minimum atomic E-state index is -0.131. The maximum Gasteiger partial charge on any atom is 0.268 e. The Balaban J connectivity index is 1.63. The molecule has 0 aliphatic heterocycles. The zero-order valence-electron chi connectivity index (χ0n) is 18.7. The highest BCUT2D eigenvalue weighted by atomic mass is 16.4. The summed E-state index contributed by atoms with van der Waals surface area (Å²) in [6, 6.07) is 19.3. The van der Waals surface area contributed by atoms with Gasteiger partial charge in [0.05, 0.1) is 11.7 Å². The molecule has 0 bridgehead atoms. The van der Waals surface area contributed by atoms with Crippen molar-refractivity contribution < 1.29 is 9.21 Å². The normalized spacial score (nSPS) is 12.2. The molecule has 1 atom stereocenters. The standard InChI is InChI=1S/C25H27N5O2/c1-16(2)13-22-15-23(25-28-27-18(4)32-25)29-30(22)21-12-8-11-20(14-21)24(31)26-17(3)19-9-6-5-7-10-19/h5-12,14-17H,13H2,1-4H3,(H,26,31). The summed E-state index contributed by atoms with van der Waals surface area (Å²) in [6.45, 7) is 8.04. The summed E-state index contributed by atoms with van der Waals surface area (Å²) >= 11 is 0. The Bertz CT molecular complexity index is 1210. The molecule has 0 saturated carbocycles. The van der Waals surface area contributed by atoms with E-state index in [-0.39, 0.29) is 11.9 Å². The second-order valence-corrected chi connectivity index (χ2v) is 8.31. The van der Waals surface area contributed by atoms with Crippen LogP contribution in [0.4, 0.5) is 0 Å². The van der Waals surface area contributed by atoms with E-state index >= 15 is 0 Å². The number of hydrogen-bond acceptors (Lipinski definition) is 5. The van der Waals surface area contributed by atoms with Gasteiger partial charge in [-0.3, -0.25) is 4.79 Å². The molecule has 0 spiro atoms. The molecule has 4 aromatic rings. The molecule has 32 heavy (non-hydrogen) atoms. The predicted octanol–water partition coefficient (Wildman–Crippen LogP) is 4.92. The van der Waals surface area contributed by atoms with Crippen LogP contribution in [0.15, 0.2) is 65.1 Å². The van der Waals surface area contributed by atoms with E-state index in [4.69, 9.17) is 9.52 Å². The summed E-state index contributed by atoms with van der Waals surface area (Å²) < 4.78 is 7.42. The highest BCUT2D eigenvalue weighted by molar-refractivity contribution is 5.95. The van der Waals surface area contributed by atoms with Crippen LogP contribution in [0.25, 0.3) is 17.3 Å². The molecule has 1 unspecified atom stereocenters. The molecular formula is C25H27N5O2. The van der Waals surface area contributed by atoms with Crippen molar-refractivity contribution in [1.29, 1.82) is 0 Å². The third-order valence-corrected chi connectivity index (χ3v) is 5.15. The molecular weight excluding hydrogens is 402 g/mol. The lowest BCUT2D eigenvalue weighted by molar-refractivity contribution is 0.0940. The van der Waals surface area contributed by atoms with Crippen LogP contribution < -0.4 is 5.32 Å². The Labute approximate surface area is 187 Å². The largest absolute Gasteiger partial charge is 0.420 e. The van der Waals surface area contributed by atoms with Gasteiger partial charge in [-0.05, 0) is 49.1 Å². The van der Waals surface area contributed by atoms with Crippen LogP contribution in [-0.4, -0.2) is 25.9 Å². The lowest BCUT2D eigenvalue weighted by Gasteiger charge is -2.15. The van der Waals surface area contributed by atoms with Gasteiger partial charge < -0.3 is 9.73 Å². The molecule has 0 aliphatic rings. The number of hydrogen-bond donors (Lipinski definition) is 1. The van der Waals surface area contributed by atoms with Crippen LogP contribution in [0.3, 0.4) is 0 Å². The van der Waals surface area contributed by atoms with Crippen molar-refractivity contribution in [2.75, 3.05) is 0 Å². The molecule has 0 saturated heterocycles. The van der Waals surface area contributed by atoms with E-state index in [9.17, 15) is 4.79 Å². The van der Waals surface area contributed by atoms with Gasteiger partial charge in [0, 0.05) is 18.2 Å². The van der Waals surface area contributed by atoms with Crippen molar-refractivity contribution in [2.45, 2.75) is 40.2 Å². The maximum atomic E-state index is 12.9. The highest BCUT2D eigenvalue weighted by Gasteiger charge is 2.18. The predicted molar refractivity (Wildman–Crippen MR) is 122 cm³/mol. The van der Waals surface area contributed by atoms with Gasteiger partial charge >= 0.3 is 0 Å². The van der Waals surface area contributed by atoms with Gasteiger partial charge in [-0.1, -0.05) is 50.2 Å². The van der Waals surface area contributed by atoms with Crippen LogP contribution >= 0.6 is 0 Å². The minimum absolute atomic E-state index is 0.0964. The molecule has 2 aromatic carbocycles. The summed E-state index contributed by atoms with van der Waals surface area (Å²) in [5.41, 5.74) is 4.08. The topological polar surface area (TPSA) is 85.8 Å². The number of benzene rings is 2. The van der Waals surface area contributed by atoms with Crippen molar-refractivity contribution in [3.63, 3.8) is 0 Å². The molecule has 1 amide bonds. The van der Waals surface area contributed by atoms with E-state index in [1.165, 1.54) is 0 Å². The van der Waals surface area contributed by atoms with Gasteiger partial charge in [0.1, 0.15) is 5.69 Å². The molecule has 1 N–H and O–H groups in total. The van der Waals surface area contributed by atoms with E-state index in [2.05, 4.69) is 29.4 Å². The van der Waals surface area contributed by atoms with Crippen molar-refractivity contribution in [3.05, 3.63) is 83.4 Å². The molecule has 2 aromatic heterocycles. The summed E-state index contributed by atoms with van der Waals surface area (Å²) in [5, 5.41) is 15.8. The van der Waals surface area contributed by atoms with E-state index in [1.54, 1.807) is 6.92 Å². The quantitative estimate of drug-likeness (QED) is 0.451. The van der Waals surface area contributed by atoms with Crippen LogP contribution in [-0.2, 0) is 6.42 Å². The van der Waals surface area contributed by atoms with E-state index in [1.807, 2.05) is 72.3 Å². The summed E-state index contributed by atoms with van der Waals surface area (Å²) in [5.74, 6) is 1.18. The number of nitrogens with zero attached hydrogens (tertiary/aromatic N) is 4. The van der Waals surface area contributed by atoms with E-state index < -0.39 is 0 Å². The Morgan fingerprint density at radius 1 is 1.03 bits per heavy atom. The first kappa shape index (κ1) is 21.5. The Morgan fingerprint density at radius 3 is 2.50 bits per heavy atom. The van der Waals surface area contributed by atoms with Gasteiger partial charge in [-0.2, -0.15) is 5.10 Å². The monoisotopic (exact) mass is 429 g/mol. The number of carbonyl (C=O) groups excluding carboxylic acids is 1. The smallest absolute Gasteiger partial charge is 0.268 e. The maximum absolute atomic E-state index is 12.9. The Hall–Kier alpha value is -3.74. The molecule has 0 aliphatic carbocycles. The molecule has 0 fully saturated rings. The number of nitrogens with one attached hydrogen (secondary N) is 1. The number of carbonyl (C=O) groups is 1. The number of aryl methyl sites for hydroxylation is 1. The van der Waals surface area contributed by atoms with Gasteiger partial charge in [0.15, 0.2) is 0 Å². The van der Waals surface area contributed by atoms with Gasteiger partial charge in [-0.15, -0.1) is 10.2 Å². The second-order valence-electron chi connectivity index (χ2n) is 8.31. The van der Waals surface area contributed by atoms with Crippen molar-refractivity contribution >= 4 is 5.91 Å². The molecule has 164 valence electrons. The molecule has 4 rings (SSSR count). The molecule has 2 heterocycles. The van der Waals surface area contributed by atoms with Gasteiger partial charge in [0.25, 0.3) is 11.8 Å². The Morgan fingerprint density at radius 2 is 1.81 bits per heavy atom. The zero-order chi connectivity index (χ0) is 22.7. The fraction of sp³-hybridized carbons (Fsp3) is 0.280. The minimum Gasteiger partial charge on any atom is -0.420 e. The van der Waals surface area contributed by atoms with Crippen LogP contribution in [0, 0.1) is 12.8 Å². The SMILES string of the molecule is Cc1nnc(-c2cc(CC(C)C)n(-c3cccc(C(=O)NC(C)c4ccccc4)c3)n2)o1. The first-order valence-corrected chi connectivity index (χ1v) is 10.8. The van der Waals surface area contributed by atoms with E-state index in [0.717, 1.165) is 23.4 Å². The number of aromatic nitrogens is 4. The van der Waals surface area contributed by atoms with Crippen LogP contribution in [0.1, 0.15) is 54.3 Å². The summed E-state index contributed by atoms with van der Waals surface area (Å²) in [7, 11) is 0. The molecule has 7 nitrogen and oxygen atoms in total. The van der Waals surface area contributed by atoms with Crippen molar-refractivity contribution in [2.24, 2.45) is 5.92 Å². The second kappa shape index (κ2) is 9.18. The van der Waals surface area contributed by atoms with Crippen molar-refractivity contribution in [1.82, 2.24) is 25.3 Å². The molecule has 0 radical (unpaired) electrons. The number of rotatable bonds is 7. The number of amides is 1. The fourth-order valence-corrected chi connectivity index (χ4v) is 3.60. The first-order valence-electron chi connectivity index (χ1n) is 10.8.